The third-order valence-electron chi connectivity index (χ3n) is 4.19. The molecule has 130 valence electrons. The van der Waals surface area contributed by atoms with E-state index in [1.807, 2.05) is 11.8 Å². The van der Waals surface area contributed by atoms with E-state index in [1.165, 1.54) is 0 Å². The summed E-state index contributed by atoms with van der Waals surface area (Å²) in [5, 5.41) is 2.90. The van der Waals surface area contributed by atoms with Crippen LogP contribution in [0.3, 0.4) is 0 Å². The van der Waals surface area contributed by atoms with Crippen LogP contribution in [0.15, 0.2) is 12.1 Å². The van der Waals surface area contributed by atoms with E-state index in [-0.39, 0.29) is 10.6 Å². The Morgan fingerprint density at radius 2 is 1.91 bits per heavy atom. The monoisotopic (exact) mass is 352 g/mol. The molecule has 1 atom stereocenters. The van der Waals surface area contributed by atoms with Crippen LogP contribution in [0.5, 0.6) is 0 Å². The average molecular weight is 353 g/mol. The van der Waals surface area contributed by atoms with E-state index in [1.54, 1.807) is 0 Å². The molecule has 0 spiro atoms. The van der Waals surface area contributed by atoms with Gasteiger partial charge in [0, 0.05) is 37.8 Å². The van der Waals surface area contributed by atoms with Gasteiger partial charge < -0.3 is 5.32 Å². The first-order chi connectivity index (χ1) is 10.9. The molecule has 0 aromatic heterocycles. The lowest BCUT2D eigenvalue weighted by atomic mass is 9.93. The molecule has 1 aromatic rings. The molecule has 2 rings (SSSR count). The Balaban J connectivity index is 2.49. The Bertz CT molecular complexity index is 528. The standard InChI is InChI=1S/C16H21ClF4N2/c1-2-3-4-13(23-9-7-22-8-10-23)14-11(16(19,20)21)5-6-12(17)15(14)18/h5-6,13,22H,2-4,7-10H2,1H3/t13-/m1/s1. The number of nitrogens with one attached hydrogen (secondary N) is 1. The van der Waals surface area contributed by atoms with E-state index in [0.717, 1.165) is 25.0 Å². The maximum absolute atomic E-state index is 14.6. The number of alkyl halides is 3. The Kier molecular flexibility index (Phi) is 6.28. The van der Waals surface area contributed by atoms with Crippen molar-refractivity contribution >= 4 is 11.6 Å². The normalized spacial score (nSPS) is 18.2. The van der Waals surface area contributed by atoms with Crippen LogP contribution in [0, 0.1) is 5.82 Å². The highest BCUT2D eigenvalue weighted by Gasteiger charge is 2.39. The third kappa shape index (κ3) is 4.37. The molecular weight excluding hydrogens is 332 g/mol. The summed E-state index contributed by atoms with van der Waals surface area (Å²) >= 11 is 5.78. The summed E-state index contributed by atoms with van der Waals surface area (Å²) in [6.07, 6.45) is -2.54. The van der Waals surface area contributed by atoms with E-state index in [9.17, 15) is 17.6 Å². The molecule has 7 heteroatoms. The summed E-state index contributed by atoms with van der Waals surface area (Å²) in [5.41, 5.74) is -1.22. The zero-order chi connectivity index (χ0) is 17.0. The molecule has 1 aromatic carbocycles. The first-order valence-electron chi connectivity index (χ1n) is 7.86. The van der Waals surface area contributed by atoms with Gasteiger partial charge in [0.2, 0.25) is 0 Å². The van der Waals surface area contributed by atoms with Gasteiger partial charge in [-0.3, -0.25) is 4.90 Å². The van der Waals surface area contributed by atoms with Crippen LogP contribution in [0.1, 0.15) is 43.4 Å². The van der Waals surface area contributed by atoms with E-state index < -0.39 is 23.6 Å². The fraction of sp³-hybridized carbons (Fsp3) is 0.625. The highest BCUT2D eigenvalue weighted by Crippen LogP contribution is 2.41. The summed E-state index contributed by atoms with van der Waals surface area (Å²) in [5.74, 6) is -0.943. The van der Waals surface area contributed by atoms with Crippen molar-refractivity contribution in [2.75, 3.05) is 26.2 Å². The van der Waals surface area contributed by atoms with Gasteiger partial charge in [-0.25, -0.2) is 4.39 Å². The summed E-state index contributed by atoms with van der Waals surface area (Å²) in [7, 11) is 0. The molecule has 1 aliphatic rings. The molecule has 0 amide bonds. The zero-order valence-electron chi connectivity index (χ0n) is 13.0. The van der Waals surface area contributed by atoms with Gasteiger partial charge in [-0.1, -0.05) is 31.4 Å². The first kappa shape index (κ1) is 18.5. The maximum atomic E-state index is 14.6. The Morgan fingerprint density at radius 1 is 1.26 bits per heavy atom. The van der Waals surface area contributed by atoms with Crippen LogP contribution in [-0.2, 0) is 6.18 Å². The number of piperazine rings is 1. The van der Waals surface area contributed by atoms with Crippen molar-refractivity contribution in [3.05, 3.63) is 34.1 Å². The minimum absolute atomic E-state index is 0.260. The van der Waals surface area contributed by atoms with Crippen LogP contribution in [0.25, 0.3) is 0 Å². The van der Waals surface area contributed by atoms with Gasteiger partial charge in [-0.05, 0) is 18.6 Å². The fourth-order valence-corrected chi connectivity index (χ4v) is 3.20. The molecular formula is C16H21ClF4N2. The number of hydrogen-bond acceptors (Lipinski definition) is 2. The van der Waals surface area contributed by atoms with Gasteiger partial charge in [0.15, 0.2) is 0 Å². The average Bonchev–Trinajstić information content (AvgIpc) is 2.51. The van der Waals surface area contributed by atoms with Crippen LogP contribution in [-0.4, -0.2) is 31.1 Å². The van der Waals surface area contributed by atoms with E-state index in [4.69, 9.17) is 11.6 Å². The molecule has 0 unspecified atom stereocenters. The van der Waals surface area contributed by atoms with Crippen LogP contribution in [0.2, 0.25) is 5.02 Å². The second kappa shape index (κ2) is 7.81. The van der Waals surface area contributed by atoms with Crippen LogP contribution in [0.4, 0.5) is 17.6 Å². The number of rotatable bonds is 5. The minimum atomic E-state index is -4.60. The summed E-state index contributed by atoms with van der Waals surface area (Å²) in [6.45, 7) is 4.53. The smallest absolute Gasteiger partial charge is 0.314 e. The maximum Gasteiger partial charge on any atom is 0.416 e. The summed E-state index contributed by atoms with van der Waals surface area (Å²) in [4.78, 5) is 1.93. The van der Waals surface area contributed by atoms with Crippen molar-refractivity contribution in [3.63, 3.8) is 0 Å². The molecule has 1 aliphatic heterocycles. The molecule has 23 heavy (non-hydrogen) atoms. The predicted molar refractivity (Wildman–Crippen MR) is 83.1 cm³/mol. The lowest BCUT2D eigenvalue weighted by Gasteiger charge is -2.36. The summed E-state index contributed by atoms with van der Waals surface area (Å²) in [6, 6.07) is 1.27. The van der Waals surface area contributed by atoms with Gasteiger partial charge in [-0.15, -0.1) is 0 Å². The highest BCUT2D eigenvalue weighted by atomic mass is 35.5. The van der Waals surface area contributed by atoms with Crippen molar-refractivity contribution < 1.29 is 17.6 Å². The molecule has 1 N–H and O–H groups in total. The lowest BCUT2D eigenvalue weighted by Crippen LogP contribution is -2.45. The number of unbranched alkanes of at least 4 members (excludes halogenated alkanes) is 1. The lowest BCUT2D eigenvalue weighted by molar-refractivity contribution is -0.139. The van der Waals surface area contributed by atoms with Crippen molar-refractivity contribution in [2.45, 2.75) is 38.4 Å². The van der Waals surface area contributed by atoms with Gasteiger partial charge in [0.1, 0.15) is 5.82 Å². The Labute approximate surface area is 138 Å². The van der Waals surface area contributed by atoms with Gasteiger partial charge >= 0.3 is 6.18 Å². The zero-order valence-corrected chi connectivity index (χ0v) is 13.8. The molecule has 0 radical (unpaired) electrons. The molecule has 0 saturated carbocycles. The molecule has 0 aliphatic carbocycles. The number of hydrogen-bond donors (Lipinski definition) is 1. The van der Waals surface area contributed by atoms with Gasteiger partial charge in [0.05, 0.1) is 10.6 Å². The van der Waals surface area contributed by atoms with Crippen LogP contribution >= 0.6 is 11.6 Å². The van der Waals surface area contributed by atoms with Gasteiger partial charge in [0.25, 0.3) is 0 Å². The summed E-state index contributed by atoms with van der Waals surface area (Å²) < 4.78 is 54.7. The number of nitrogens with zero attached hydrogens (tertiary/aromatic N) is 1. The quantitative estimate of drug-likeness (QED) is 0.777. The molecule has 1 saturated heterocycles. The Hall–Kier alpha value is -0.850. The van der Waals surface area contributed by atoms with E-state index in [2.05, 4.69) is 5.32 Å². The SMILES string of the molecule is CCCC[C@H](c1c(C(F)(F)F)ccc(Cl)c1F)N1CCNCC1. The minimum Gasteiger partial charge on any atom is -0.314 e. The van der Waals surface area contributed by atoms with E-state index in [0.29, 0.717) is 32.6 Å². The first-order valence-corrected chi connectivity index (χ1v) is 8.24. The molecule has 1 heterocycles. The Morgan fingerprint density at radius 3 is 2.48 bits per heavy atom. The predicted octanol–water partition coefficient (Wildman–Crippen LogP) is 4.63. The number of benzene rings is 1. The topological polar surface area (TPSA) is 15.3 Å². The highest BCUT2D eigenvalue weighted by molar-refractivity contribution is 6.30. The van der Waals surface area contributed by atoms with Crippen molar-refractivity contribution in [1.29, 1.82) is 0 Å². The second-order valence-electron chi connectivity index (χ2n) is 5.76. The molecule has 2 nitrogen and oxygen atoms in total. The van der Waals surface area contributed by atoms with Gasteiger partial charge in [-0.2, -0.15) is 13.2 Å². The fourth-order valence-electron chi connectivity index (χ4n) is 3.04. The molecule has 1 fully saturated rings. The molecule has 0 bridgehead atoms. The second-order valence-corrected chi connectivity index (χ2v) is 6.17. The van der Waals surface area contributed by atoms with Crippen molar-refractivity contribution in [2.24, 2.45) is 0 Å². The number of halogens is 5. The third-order valence-corrected chi connectivity index (χ3v) is 4.49. The van der Waals surface area contributed by atoms with Crippen molar-refractivity contribution in [1.82, 2.24) is 10.2 Å². The largest absolute Gasteiger partial charge is 0.416 e. The van der Waals surface area contributed by atoms with E-state index >= 15 is 0 Å². The van der Waals surface area contributed by atoms with Crippen LogP contribution < -0.4 is 5.32 Å². The van der Waals surface area contributed by atoms with Crippen molar-refractivity contribution in [3.8, 4) is 0 Å².